The molecule has 2 rings (SSSR count). The topological polar surface area (TPSA) is 42.7 Å². The number of nitrogens with zero attached hydrogens (tertiary/aromatic N) is 3. The van der Waals surface area contributed by atoms with Crippen molar-refractivity contribution in [3.05, 3.63) is 41.7 Å². The standard InChI is InChI=1S/C12H13F3N4/c1-2-16-7-11-8-17-18-19(11)10-5-3-4-9(6-10)12(13,14)15/h3-6,8,16H,2,7H2,1H3. The van der Waals surface area contributed by atoms with Gasteiger partial charge < -0.3 is 5.32 Å². The summed E-state index contributed by atoms with van der Waals surface area (Å²) in [7, 11) is 0. The zero-order chi connectivity index (χ0) is 13.9. The Morgan fingerprint density at radius 1 is 1.32 bits per heavy atom. The molecule has 4 nitrogen and oxygen atoms in total. The van der Waals surface area contributed by atoms with Crippen molar-refractivity contribution in [1.29, 1.82) is 0 Å². The summed E-state index contributed by atoms with van der Waals surface area (Å²) in [5.41, 5.74) is 0.358. The zero-order valence-electron chi connectivity index (χ0n) is 10.3. The molecule has 19 heavy (non-hydrogen) atoms. The van der Waals surface area contributed by atoms with Crippen molar-refractivity contribution < 1.29 is 13.2 Å². The van der Waals surface area contributed by atoms with Gasteiger partial charge in [0.25, 0.3) is 0 Å². The molecule has 0 amide bonds. The van der Waals surface area contributed by atoms with Crippen molar-refractivity contribution >= 4 is 0 Å². The van der Waals surface area contributed by atoms with E-state index in [1.54, 1.807) is 6.07 Å². The highest BCUT2D eigenvalue weighted by atomic mass is 19.4. The second-order valence-electron chi connectivity index (χ2n) is 3.97. The fraction of sp³-hybridized carbons (Fsp3) is 0.333. The van der Waals surface area contributed by atoms with Crippen LogP contribution in [0.5, 0.6) is 0 Å². The molecule has 1 heterocycles. The SMILES string of the molecule is CCNCc1cnnn1-c1cccc(C(F)(F)F)c1. The largest absolute Gasteiger partial charge is 0.416 e. The fourth-order valence-corrected chi connectivity index (χ4v) is 1.66. The Kier molecular flexibility index (Phi) is 3.84. The molecule has 0 radical (unpaired) electrons. The number of benzene rings is 1. The van der Waals surface area contributed by atoms with Gasteiger partial charge in [-0.25, -0.2) is 4.68 Å². The van der Waals surface area contributed by atoms with Crippen LogP contribution in [0.25, 0.3) is 5.69 Å². The van der Waals surface area contributed by atoms with E-state index in [0.717, 1.165) is 18.7 Å². The van der Waals surface area contributed by atoms with E-state index in [-0.39, 0.29) is 0 Å². The van der Waals surface area contributed by atoms with Gasteiger partial charge in [-0.2, -0.15) is 13.2 Å². The summed E-state index contributed by atoms with van der Waals surface area (Å²) in [5, 5.41) is 10.6. The van der Waals surface area contributed by atoms with Gasteiger partial charge >= 0.3 is 6.18 Å². The number of alkyl halides is 3. The molecule has 0 unspecified atom stereocenters. The quantitative estimate of drug-likeness (QED) is 0.927. The molecule has 2 aromatic rings. The molecule has 0 aliphatic carbocycles. The van der Waals surface area contributed by atoms with Gasteiger partial charge in [0.05, 0.1) is 23.1 Å². The van der Waals surface area contributed by atoms with Gasteiger partial charge in [0, 0.05) is 6.54 Å². The van der Waals surface area contributed by atoms with Crippen molar-refractivity contribution in [3.8, 4) is 5.69 Å². The first-order valence-corrected chi connectivity index (χ1v) is 5.80. The Labute approximate surface area is 108 Å². The van der Waals surface area contributed by atoms with Crippen molar-refractivity contribution in [2.45, 2.75) is 19.6 Å². The Bertz CT molecular complexity index is 548. The summed E-state index contributed by atoms with van der Waals surface area (Å²) in [5.74, 6) is 0. The summed E-state index contributed by atoms with van der Waals surface area (Å²) in [6, 6.07) is 5.02. The lowest BCUT2D eigenvalue weighted by molar-refractivity contribution is -0.137. The van der Waals surface area contributed by atoms with E-state index in [0.29, 0.717) is 17.9 Å². The lowest BCUT2D eigenvalue weighted by atomic mass is 10.2. The van der Waals surface area contributed by atoms with Crippen LogP contribution in [0.2, 0.25) is 0 Å². The third kappa shape index (κ3) is 3.11. The van der Waals surface area contributed by atoms with Gasteiger partial charge in [-0.05, 0) is 24.7 Å². The van der Waals surface area contributed by atoms with E-state index in [1.807, 2.05) is 6.92 Å². The minimum Gasteiger partial charge on any atom is -0.311 e. The van der Waals surface area contributed by atoms with Crippen LogP contribution in [-0.4, -0.2) is 21.5 Å². The Balaban J connectivity index is 2.34. The number of halogens is 3. The fourth-order valence-electron chi connectivity index (χ4n) is 1.66. The lowest BCUT2D eigenvalue weighted by Gasteiger charge is -2.10. The van der Waals surface area contributed by atoms with Gasteiger partial charge in [-0.1, -0.05) is 18.2 Å². The molecule has 0 spiro atoms. The van der Waals surface area contributed by atoms with Crippen LogP contribution in [0.1, 0.15) is 18.2 Å². The summed E-state index contributed by atoms with van der Waals surface area (Å²) >= 11 is 0. The average Bonchev–Trinajstić information content (AvgIpc) is 2.83. The summed E-state index contributed by atoms with van der Waals surface area (Å²) < 4.78 is 39.4. The van der Waals surface area contributed by atoms with Crippen LogP contribution in [0.15, 0.2) is 30.5 Å². The minimum absolute atomic E-state index is 0.347. The van der Waals surface area contributed by atoms with Gasteiger partial charge in [0.1, 0.15) is 0 Å². The normalized spacial score (nSPS) is 11.8. The van der Waals surface area contributed by atoms with Crippen LogP contribution < -0.4 is 5.32 Å². The van der Waals surface area contributed by atoms with Crippen molar-refractivity contribution in [3.63, 3.8) is 0 Å². The first-order chi connectivity index (χ1) is 9.02. The maximum Gasteiger partial charge on any atom is 0.416 e. The van der Waals surface area contributed by atoms with E-state index in [2.05, 4.69) is 15.6 Å². The first kappa shape index (κ1) is 13.5. The molecular formula is C12H13F3N4. The summed E-state index contributed by atoms with van der Waals surface area (Å²) in [4.78, 5) is 0. The van der Waals surface area contributed by atoms with E-state index in [4.69, 9.17) is 0 Å². The van der Waals surface area contributed by atoms with Crippen LogP contribution in [-0.2, 0) is 12.7 Å². The molecule has 1 N–H and O–H groups in total. The zero-order valence-corrected chi connectivity index (χ0v) is 10.3. The lowest BCUT2D eigenvalue weighted by Crippen LogP contribution is -2.15. The molecule has 0 aliphatic rings. The molecule has 0 fully saturated rings. The van der Waals surface area contributed by atoms with Crippen LogP contribution in [0.3, 0.4) is 0 Å². The molecule has 0 saturated heterocycles. The van der Waals surface area contributed by atoms with E-state index >= 15 is 0 Å². The van der Waals surface area contributed by atoms with E-state index in [1.165, 1.54) is 16.9 Å². The Hall–Kier alpha value is -1.89. The minimum atomic E-state index is -4.36. The second-order valence-corrected chi connectivity index (χ2v) is 3.97. The van der Waals surface area contributed by atoms with E-state index < -0.39 is 11.7 Å². The van der Waals surface area contributed by atoms with Crippen molar-refractivity contribution in [2.75, 3.05) is 6.54 Å². The molecular weight excluding hydrogens is 257 g/mol. The predicted molar refractivity (Wildman–Crippen MR) is 63.7 cm³/mol. The van der Waals surface area contributed by atoms with Crippen LogP contribution in [0.4, 0.5) is 13.2 Å². The third-order valence-corrected chi connectivity index (χ3v) is 2.59. The third-order valence-electron chi connectivity index (χ3n) is 2.59. The average molecular weight is 270 g/mol. The summed E-state index contributed by atoms with van der Waals surface area (Å²) in [6.45, 7) is 3.20. The summed E-state index contributed by atoms with van der Waals surface area (Å²) in [6.07, 6.45) is -2.83. The van der Waals surface area contributed by atoms with Gasteiger partial charge in [-0.3, -0.25) is 0 Å². The monoisotopic (exact) mass is 270 g/mol. The van der Waals surface area contributed by atoms with Crippen LogP contribution in [0, 0.1) is 0 Å². The number of rotatable bonds is 4. The highest BCUT2D eigenvalue weighted by Crippen LogP contribution is 2.30. The number of hydrogen-bond donors (Lipinski definition) is 1. The van der Waals surface area contributed by atoms with E-state index in [9.17, 15) is 13.2 Å². The van der Waals surface area contributed by atoms with Crippen molar-refractivity contribution in [2.24, 2.45) is 0 Å². The molecule has 1 aromatic carbocycles. The first-order valence-electron chi connectivity index (χ1n) is 5.80. The Morgan fingerprint density at radius 3 is 2.79 bits per heavy atom. The maximum absolute atomic E-state index is 12.7. The smallest absolute Gasteiger partial charge is 0.311 e. The molecule has 7 heteroatoms. The van der Waals surface area contributed by atoms with Crippen LogP contribution >= 0.6 is 0 Å². The van der Waals surface area contributed by atoms with Crippen molar-refractivity contribution in [1.82, 2.24) is 20.3 Å². The molecule has 0 bridgehead atoms. The number of nitrogens with one attached hydrogen (secondary N) is 1. The number of aromatic nitrogens is 3. The number of hydrogen-bond acceptors (Lipinski definition) is 3. The highest BCUT2D eigenvalue weighted by Gasteiger charge is 2.30. The highest BCUT2D eigenvalue weighted by molar-refractivity contribution is 5.37. The molecule has 0 atom stereocenters. The molecule has 102 valence electrons. The molecule has 0 aliphatic heterocycles. The second kappa shape index (κ2) is 5.40. The predicted octanol–water partition coefficient (Wildman–Crippen LogP) is 2.40. The van der Waals surface area contributed by atoms with Gasteiger partial charge in [0.2, 0.25) is 0 Å². The molecule has 1 aromatic heterocycles. The van der Waals surface area contributed by atoms with Gasteiger partial charge in [-0.15, -0.1) is 5.10 Å². The van der Waals surface area contributed by atoms with Gasteiger partial charge in [0.15, 0.2) is 0 Å². The maximum atomic E-state index is 12.7. The molecule has 0 saturated carbocycles. The Morgan fingerprint density at radius 2 is 2.11 bits per heavy atom.